The molecular formula is C24H19ClN4O2. The van der Waals surface area contributed by atoms with Crippen LogP contribution in [-0.4, -0.2) is 25.0 Å². The first-order chi connectivity index (χ1) is 15.2. The number of hydrogen-bond acceptors (Lipinski definition) is 5. The second kappa shape index (κ2) is 9.33. The molecule has 7 heteroatoms. The van der Waals surface area contributed by atoms with E-state index in [4.69, 9.17) is 16.3 Å². The largest absolute Gasteiger partial charge is 0.488 e. The second-order valence-corrected chi connectivity index (χ2v) is 7.31. The predicted molar refractivity (Wildman–Crippen MR) is 120 cm³/mol. The number of nitriles is 1. The Balaban J connectivity index is 1.80. The lowest BCUT2D eigenvalue weighted by Crippen LogP contribution is -2.38. The molecule has 6 nitrogen and oxygen atoms in total. The lowest BCUT2D eigenvalue weighted by molar-refractivity contribution is 0.0972. The maximum absolute atomic E-state index is 13.3. The van der Waals surface area contributed by atoms with Crippen LogP contribution in [0.1, 0.15) is 21.5 Å². The smallest absolute Gasteiger partial charge is 0.262 e. The van der Waals surface area contributed by atoms with E-state index in [-0.39, 0.29) is 12.2 Å². The topological polar surface area (TPSA) is 86.5 Å². The molecule has 1 aliphatic heterocycles. The van der Waals surface area contributed by atoms with Crippen molar-refractivity contribution in [1.29, 1.82) is 5.26 Å². The van der Waals surface area contributed by atoms with E-state index < -0.39 is 5.91 Å². The average Bonchev–Trinajstić information content (AvgIpc) is 3.30. The van der Waals surface area contributed by atoms with Gasteiger partial charge in [0.1, 0.15) is 12.4 Å². The van der Waals surface area contributed by atoms with Gasteiger partial charge in [-0.1, -0.05) is 54.1 Å². The fourth-order valence-corrected chi connectivity index (χ4v) is 3.54. The van der Waals surface area contributed by atoms with Crippen LogP contribution in [0.5, 0.6) is 5.75 Å². The highest BCUT2D eigenvalue weighted by Gasteiger charge is 2.24. The van der Waals surface area contributed by atoms with Crippen molar-refractivity contribution in [2.45, 2.75) is 6.61 Å². The van der Waals surface area contributed by atoms with Gasteiger partial charge in [-0.2, -0.15) is 5.26 Å². The number of guanidine groups is 1. The van der Waals surface area contributed by atoms with E-state index in [2.05, 4.69) is 21.7 Å². The maximum atomic E-state index is 13.3. The lowest BCUT2D eigenvalue weighted by Gasteiger charge is -2.17. The number of carbonyl (C=O) groups excluding carboxylic acids is 1. The number of aliphatic imine (C=N–C) groups is 1. The van der Waals surface area contributed by atoms with Gasteiger partial charge in [0.15, 0.2) is 5.96 Å². The summed E-state index contributed by atoms with van der Waals surface area (Å²) in [5.41, 5.74) is 2.69. The van der Waals surface area contributed by atoms with Crippen LogP contribution in [0.25, 0.3) is 11.1 Å². The van der Waals surface area contributed by atoms with Gasteiger partial charge in [0.2, 0.25) is 0 Å². The molecule has 154 valence electrons. The quantitative estimate of drug-likeness (QED) is 0.636. The Hall–Kier alpha value is -3.82. The maximum Gasteiger partial charge on any atom is 0.262 e. The molecule has 0 saturated carbocycles. The van der Waals surface area contributed by atoms with Gasteiger partial charge >= 0.3 is 0 Å². The van der Waals surface area contributed by atoms with E-state index in [1.54, 1.807) is 30.3 Å². The van der Waals surface area contributed by atoms with Crippen molar-refractivity contribution in [3.05, 3.63) is 88.4 Å². The van der Waals surface area contributed by atoms with Gasteiger partial charge in [0.25, 0.3) is 5.91 Å². The first-order valence-corrected chi connectivity index (χ1v) is 10.1. The molecule has 1 heterocycles. The zero-order valence-electron chi connectivity index (χ0n) is 16.6. The summed E-state index contributed by atoms with van der Waals surface area (Å²) in [5.74, 6) is 0.357. The summed E-state index contributed by atoms with van der Waals surface area (Å²) in [5, 5.41) is 16.1. The molecule has 31 heavy (non-hydrogen) atoms. The van der Waals surface area contributed by atoms with E-state index in [9.17, 15) is 10.1 Å². The van der Waals surface area contributed by atoms with Gasteiger partial charge in [-0.05, 0) is 35.4 Å². The Labute approximate surface area is 185 Å². The Morgan fingerprint density at radius 1 is 1.16 bits per heavy atom. The van der Waals surface area contributed by atoms with Gasteiger partial charge in [-0.25, -0.2) is 0 Å². The van der Waals surface area contributed by atoms with Gasteiger partial charge in [-0.3, -0.25) is 15.1 Å². The summed E-state index contributed by atoms with van der Waals surface area (Å²) in [6.45, 7) is 1.53. The number of halogens is 1. The molecule has 0 bridgehead atoms. The molecule has 3 aromatic carbocycles. The Bertz CT molecular complexity index is 1190. The number of nitrogens with zero attached hydrogens (tertiary/aromatic N) is 2. The molecule has 0 fully saturated rings. The molecular weight excluding hydrogens is 412 g/mol. The first kappa shape index (κ1) is 20.5. The molecule has 0 aromatic heterocycles. The van der Waals surface area contributed by atoms with E-state index in [0.717, 1.165) is 5.56 Å². The third kappa shape index (κ3) is 4.68. The zero-order chi connectivity index (χ0) is 21.6. The zero-order valence-corrected chi connectivity index (χ0v) is 17.3. The normalized spacial score (nSPS) is 12.5. The average molecular weight is 431 g/mol. The minimum Gasteiger partial charge on any atom is -0.488 e. The van der Waals surface area contributed by atoms with Crippen LogP contribution in [0.3, 0.4) is 0 Å². The highest BCUT2D eigenvalue weighted by atomic mass is 35.5. The molecule has 4 rings (SSSR count). The van der Waals surface area contributed by atoms with Gasteiger partial charge < -0.3 is 10.1 Å². The third-order valence-corrected chi connectivity index (χ3v) is 5.01. The van der Waals surface area contributed by atoms with Crippen molar-refractivity contribution in [2.75, 3.05) is 13.1 Å². The summed E-state index contributed by atoms with van der Waals surface area (Å²) in [6, 6.07) is 22.2. The molecule has 0 unspecified atom stereocenters. The molecule has 0 aliphatic carbocycles. The van der Waals surface area contributed by atoms with E-state index >= 15 is 0 Å². The van der Waals surface area contributed by atoms with Crippen molar-refractivity contribution in [2.24, 2.45) is 4.99 Å². The van der Waals surface area contributed by atoms with Crippen molar-refractivity contribution < 1.29 is 9.53 Å². The van der Waals surface area contributed by atoms with Crippen LogP contribution in [0, 0.1) is 11.3 Å². The number of benzene rings is 3. The van der Waals surface area contributed by atoms with Crippen LogP contribution in [0.15, 0.2) is 71.7 Å². The Morgan fingerprint density at radius 2 is 2.00 bits per heavy atom. The molecule has 2 N–H and O–H groups in total. The number of nitrogens with one attached hydrogen (secondary N) is 2. The number of hydrogen-bond donors (Lipinski definition) is 2. The number of carbonyl (C=O) groups is 1. The summed E-state index contributed by atoms with van der Waals surface area (Å²) >= 11 is 6.20. The van der Waals surface area contributed by atoms with E-state index in [1.165, 1.54) is 0 Å². The summed E-state index contributed by atoms with van der Waals surface area (Å²) in [6.07, 6.45) is 0. The van der Waals surface area contributed by atoms with Crippen LogP contribution in [0.2, 0.25) is 5.02 Å². The van der Waals surface area contributed by atoms with Crippen molar-refractivity contribution in [3.63, 3.8) is 0 Å². The Kier molecular flexibility index (Phi) is 6.16. The van der Waals surface area contributed by atoms with E-state index in [1.807, 2.05) is 36.4 Å². The number of ether oxygens (including phenoxy) is 1. The molecule has 1 aliphatic rings. The van der Waals surface area contributed by atoms with Gasteiger partial charge in [0.05, 0.1) is 23.7 Å². The summed E-state index contributed by atoms with van der Waals surface area (Å²) < 4.78 is 6.04. The van der Waals surface area contributed by atoms with Crippen LogP contribution in [0.4, 0.5) is 0 Å². The molecule has 0 atom stereocenters. The number of amides is 1. The van der Waals surface area contributed by atoms with Crippen molar-refractivity contribution in [1.82, 2.24) is 10.6 Å². The minimum absolute atomic E-state index is 0.258. The Morgan fingerprint density at radius 3 is 2.71 bits per heavy atom. The summed E-state index contributed by atoms with van der Waals surface area (Å²) in [7, 11) is 0. The van der Waals surface area contributed by atoms with Crippen LogP contribution >= 0.6 is 11.6 Å². The monoisotopic (exact) mass is 430 g/mol. The van der Waals surface area contributed by atoms with Crippen LogP contribution in [-0.2, 0) is 6.61 Å². The molecule has 3 aromatic rings. The minimum atomic E-state index is -0.414. The third-order valence-electron chi connectivity index (χ3n) is 4.77. The lowest BCUT2D eigenvalue weighted by atomic mass is 9.93. The molecule has 0 saturated heterocycles. The fourth-order valence-electron chi connectivity index (χ4n) is 3.35. The van der Waals surface area contributed by atoms with Gasteiger partial charge in [0, 0.05) is 17.1 Å². The highest BCUT2D eigenvalue weighted by Crippen LogP contribution is 2.35. The highest BCUT2D eigenvalue weighted by molar-refractivity contribution is 6.31. The van der Waals surface area contributed by atoms with Crippen LogP contribution < -0.4 is 15.4 Å². The standard InChI is InChI=1S/C24H19ClN4O2/c25-19-8-4-7-17(13-19)21-18(14-26)9-10-20(31-15-16-5-2-1-3-6-16)22(21)23(30)29-24-27-11-12-28-24/h1-10,13H,11-12,15H2,(H2,27,28,29,30). The molecule has 0 spiro atoms. The van der Waals surface area contributed by atoms with Crippen molar-refractivity contribution in [3.8, 4) is 22.9 Å². The molecule has 0 radical (unpaired) electrons. The first-order valence-electron chi connectivity index (χ1n) is 9.75. The number of rotatable bonds is 5. The SMILES string of the molecule is N#Cc1ccc(OCc2ccccc2)c(C(=O)NC2=NCCN2)c1-c1cccc(Cl)c1. The summed E-state index contributed by atoms with van der Waals surface area (Å²) in [4.78, 5) is 17.6. The van der Waals surface area contributed by atoms with Crippen molar-refractivity contribution >= 4 is 23.5 Å². The molecule has 1 amide bonds. The van der Waals surface area contributed by atoms with E-state index in [0.29, 0.717) is 46.5 Å². The fraction of sp³-hybridized carbons (Fsp3) is 0.125. The predicted octanol–water partition coefficient (Wildman–Crippen LogP) is 4.15. The van der Waals surface area contributed by atoms with Gasteiger partial charge in [-0.15, -0.1) is 0 Å². The second-order valence-electron chi connectivity index (χ2n) is 6.87.